The van der Waals surface area contributed by atoms with Crippen molar-refractivity contribution in [1.82, 2.24) is 9.80 Å². The summed E-state index contributed by atoms with van der Waals surface area (Å²) in [4.78, 5) is 30.3. The van der Waals surface area contributed by atoms with Crippen LogP contribution in [-0.4, -0.2) is 59.0 Å². The quantitative estimate of drug-likeness (QED) is 0.727. The predicted octanol–water partition coefficient (Wildman–Crippen LogP) is 4.01. The van der Waals surface area contributed by atoms with Gasteiger partial charge < -0.3 is 14.5 Å². The normalized spacial score (nSPS) is 24.3. The number of amides is 2. The monoisotopic (exact) mass is 436 g/mol. The fourth-order valence-corrected chi connectivity index (χ4v) is 6.52. The van der Waals surface area contributed by atoms with Gasteiger partial charge in [0.25, 0.3) is 5.91 Å². The van der Waals surface area contributed by atoms with Gasteiger partial charge >= 0.3 is 0 Å². The van der Waals surface area contributed by atoms with Crippen LogP contribution in [0.5, 0.6) is 5.75 Å². The summed E-state index contributed by atoms with van der Waals surface area (Å²) in [6, 6.07) is 17.8. The van der Waals surface area contributed by atoms with Gasteiger partial charge in [0.15, 0.2) is 0 Å². The minimum Gasteiger partial charge on any atom is -0.497 e. The first-order valence-corrected chi connectivity index (χ1v) is 12.0. The van der Waals surface area contributed by atoms with Crippen molar-refractivity contribution in [2.45, 2.75) is 30.1 Å². The number of hydrogen-bond acceptors (Lipinski definition) is 4. The van der Waals surface area contributed by atoms with Crippen molar-refractivity contribution in [2.75, 3.05) is 32.5 Å². The van der Waals surface area contributed by atoms with E-state index in [4.69, 9.17) is 4.74 Å². The topological polar surface area (TPSA) is 49.9 Å². The zero-order chi connectivity index (χ0) is 21.4. The number of carbonyl (C=O) groups excluding carboxylic acids is 2. The first-order valence-electron chi connectivity index (χ1n) is 11.0. The summed E-state index contributed by atoms with van der Waals surface area (Å²) in [5, 5.41) is 0. The molecule has 1 spiro atoms. The van der Waals surface area contributed by atoms with E-state index in [1.54, 1.807) is 7.11 Å². The Morgan fingerprint density at radius 3 is 2.55 bits per heavy atom. The Kier molecular flexibility index (Phi) is 5.42. The average molecular weight is 437 g/mol. The van der Waals surface area contributed by atoms with E-state index in [2.05, 4.69) is 12.1 Å². The Morgan fingerprint density at radius 2 is 1.81 bits per heavy atom. The highest BCUT2D eigenvalue weighted by atomic mass is 32.2. The van der Waals surface area contributed by atoms with Crippen LogP contribution in [0, 0.1) is 5.92 Å². The summed E-state index contributed by atoms with van der Waals surface area (Å²) in [5.74, 6) is 2.50. The van der Waals surface area contributed by atoms with Gasteiger partial charge in [-0.3, -0.25) is 9.59 Å². The molecule has 5 nitrogen and oxygen atoms in total. The van der Waals surface area contributed by atoms with Crippen LogP contribution in [-0.2, 0) is 4.79 Å². The largest absolute Gasteiger partial charge is 0.497 e. The molecule has 3 fully saturated rings. The van der Waals surface area contributed by atoms with Crippen LogP contribution in [0.25, 0.3) is 0 Å². The molecule has 0 aromatic heterocycles. The first-order chi connectivity index (χ1) is 15.1. The fourth-order valence-electron chi connectivity index (χ4n) is 5.07. The van der Waals surface area contributed by atoms with Crippen molar-refractivity contribution in [3.63, 3.8) is 0 Å². The van der Waals surface area contributed by atoms with Crippen LogP contribution in [0.4, 0.5) is 0 Å². The van der Waals surface area contributed by atoms with E-state index in [1.165, 1.54) is 5.56 Å². The Bertz CT molecular complexity index is 972. The lowest BCUT2D eigenvalue weighted by Crippen LogP contribution is -2.53. The summed E-state index contributed by atoms with van der Waals surface area (Å²) < 4.78 is 5.29. The van der Waals surface area contributed by atoms with Gasteiger partial charge in [-0.25, -0.2) is 0 Å². The molecule has 1 saturated carbocycles. The molecule has 31 heavy (non-hydrogen) atoms. The zero-order valence-corrected chi connectivity index (χ0v) is 18.6. The maximum absolute atomic E-state index is 13.3. The number of rotatable bonds is 4. The van der Waals surface area contributed by atoms with Crippen LogP contribution >= 0.6 is 11.8 Å². The summed E-state index contributed by atoms with van der Waals surface area (Å²) in [5.41, 5.74) is 1.94. The molecule has 2 atom stereocenters. The standard InChI is InChI=1S/C25H28N2O3S/c1-30-20-9-5-8-19(16-20)23(28)27-14-15-31-25(27)10-12-26(13-11-25)24(29)22-17-21(22)18-6-3-2-4-7-18/h2-9,16,21-22H,10-15,17H2,1H3. The van der Waals surface area contributed by atoms with Gasteiger partial charge in [0.2, 0.25) is 5.91 Å². The molecule has 0 radical (unpaired) electrons. The SMILES string of the molecule is COc1cccc(C(=O)N2CCSC23CCN(C(=O)C2CC2c2ccccc2)CC3)c1. The predicted molar refractivity (Wildman–Crippen MR) is 122 cm³/mol. The van der Waals surface area contributed by atoms with Gasteiger partial charge in [0, 0.05) is 36.9 Å². The summed E-state index contributed by atoms with van der Waals surface area (Å²) in [6.45, 7) is 2.21. The second kappa shape index (κ2) is 8.23. The summed E-state index contributed by atoms with van der Waals surface area (Å²) in [7, 11) is 1.62. The van der Waals surface area contributed by atoms with Crippen LogP contribution in [0.15, 0.2) is 54.6 Å². The molecule has 2 aromatic carbocycles. The second-order valence-corrected chi connectivity index (χ2v) is 10.1. The molecular weight excluding hydrogens is 408 g/mol. The number of thioether (sulfide) groups is 1. The van der Waals surface area contributed by atoms with E-state index in [9.17, 15) is 9.59 Å². The smallest absolute Gasteiger partial charge is 0.255 e. The third-order valence-electron chi connectivity index (χ3n) is 6.93. The summed E-state index contributed by atoms with van der Waals surface area (Å²) in [6.07, 6.45) is 2.63. The van der Waals surface area contributed by atoms with Crippen molar-refractivity contribution in [3.05, 3.63) is 65.7 Å². The number of piperidine rings is 1. The number of hydrogen-bond donors (Lipinski definition) is 0. The molecule has 2 amide bonds. The third kappa shape index (κ3) is 3.82. The van der Waals surface area contributed by atoms with E-state index in [0.29, 0.717) is 17.2 Å². The van der Waals surface area contributed by atoms with Gasteiger partial charge in [-0.05, 0) is 48.9 Å². The molecule has 0 bridgehead atoms. The lowest BCUT2D eigenvalue weighted by atomic mass is 10.00. The lowest BCUT2D eigenvalue weighted by Gasteiger charge is -2.44. The van der Waals surface area contributed by atoms with Crippen molar-refractivity contribution in [3.8, 4) is 5.75 Å². The maximum Gasteiger partial charge on any atom is 0.255 e. The highest BCUT2D eigenvalue weighted by molar-refractivity contribution is 8.00. The molecule has 5 rings (SSSR count). The molecule has 2 saturated heterocycles. The van der Waals surface area contributed by atoms with Crippen LogP contribution in [0.1, 0.15) is 41.1 Å². The molecule has 2 unspecified atom stereocenters. The fraction of sp³-hybridized carbons (Fsp3) is 0.440. The number of likely N-dealkylation sites (tertiary alicyclic amines) is 1. The van der Waals surface area contributed by atoms with Crippen molar-refractivity contribution >= 4 is 23.6 Å². The molecule has 1 aliphatic carbocycles. The Hall–Kier alpha value is -2.47. The first kappa shape index (κ1) is 20.4. The highest BCUT2D eigenvalue weighted by Gasteiger charge is 2.50. The van der Waals surface area contributed by atoms with E-state index in [-0.39, 0.29) is 22.6 Å². The minimum absolute atomic E-state index is 0.0648. The lowest BCUT2D eigenvalue weighted by molar-refractivity contribution is -0.134. The average Bonchev–Trinajstić information content (AvgIpc) is 3.54. The minimum atomic E-state index is -0.195. The van der Waals surface area contributed by atoms with Gasteiger partial charge in [-0.1, -0.05) is 36.4 Å². The van der Waals surface area contributed by atoms with Crippen LogP contribution in [0.2, 0.25) is 0 Å². The number of benzene rings is 2. The zero-order valence-electron chi connectivity index (χ0n) is 17.8. The van der Waals surface area contributed by atoms with Crippen LogP contribution < -0.4 is 4.74 Å². The van der Waals surface area contributed by atoms with Gasteiger partial charge in [0.1, 0.15) is 5.75 Å². The van der Waals surface area contributed by atoms with Crippen molar-refractivity contribution in [2.24, 2.45) is 5.92 Å². The van der Waals surface area contributed by atoms with Crippen molar-refractivity contribution < 1.29 is 14.3 Å². The van der Waals surface area contributed by atoms with Gasteiger partial charge in [0.05, 0.1) is 12.0 Å². The number of methoxy groups -OCH3 is 1. The number of carbonyl (C=O) groups is 2. The van der Waals surface area contributed by atoms with Gasteiger partial charge in [-0.2, -0.15) is 0 Å². The van der Waals surface area contributed by atoms with Crippen LogP contribution in [0.3, 0.4) is 0 Å². The molecule has 6 heteroatoms. The molecule has 162 valence electrons. The summed E-state index contributed by atoms with van der Waals surface area (Å²) >= 11 is 1.88. The highest BCUT2D eigenvalue weighted by Crippen LogP contribution is 2.50. The Morgan fingerprint density at radius 1 is 1.03 bits per heavy atom. The third-order valence-corrected chi connectivity index (χ3v) is 8.48. The van der Waals surface area contributed by atoms with Gasteiger partial charge in [-0.15, -0.1) is 11.8 Å². The Balaban J connectivity index is 1.23. The van der Waals surface area contributed by atoms with E-state index in [0.717, 1.165) is 44.6 Å². The Labute approximate surface area is 187 Å². The van der Waals surface area contributed by atoms with Crippen molar-refractivity contribution in [1.29, 1.82) is 0 Å². The maximum atomic E-state index is 13.3. The molecule has 0 N–H and O–H groups in total. The molecule has 2 aliphatic heterocycles. The second-order valence-electron chi connectivity index (χ2n) is 8.67. The van der Waals surface area contributed by atoms with E-state index >= 15 is 0 Å². The number of ether oxygens (including phenoxy) is 1. The molecule has 2 aromatic rings. The molecule has 2 heterocycles. The van der Waals surface area contributed by atoms with E-state index < -0.39 is 0 Å². The number of nitrogens with zero attached hydrogens (tertiary/aromatic N) is 2. The van der Waals surface area contributed by atoms with E-state index in [1.807, 2.05) is 64.0 Å². The molecular formula is C25H28N2O3S. The molecule has 3 aliphatic rings.